The zero-order valence-electron chi connectivity index (χ0n) is 37.2. The molecule has 2 amide bonds. The highest BCUT2D eigenvalue weighted by atomic mass is 35.5. The molecule has 61 heavy (non-hydrogen) atoms. The van der Waals surface area contributed by atoms with Gasteiger partial charge in [0.05, 0.1) is 38.5 Å². The van der Waals surface area contributed by atoms with Crippen LogP contribution in [0.2, 0.25) is 23.2 Å². The second-order valence-electron chi connectivity index (χ2n) is 18.9. The number of halogens is 3. The maximum absolute atomic E-state index is 15.2. The Bertz CT molecular complexity index is 2080. The van der Waals surface area contributed by atoms with Crippen molar-refractivity contribution in [1.82, 2.24) is 14.8 Å². The zero-order valence-corrected chi connectivity index (χ0v) is 38.9. The fraction of sp³-hybridized carbons (Fsp3) is 0.553. The number of aromatic nitrogens is 1. The summed E-state index contributed by atoms with van der Waals surface area (Å²) in [6.45, 7) is 20.7. The van der Waals surface area contributed by atoms with Gasteiger partial charge in [0.25, 0.3) is 5.91 Å². The van der Waals surface area contributed by atoms with Gasteiger partial charge in [-0.1, -0.05) is 56.6 Å². The average molecular weight is 883 g/mol. The average Bonchev–Trinajstić information content (AvgIpc) is 4.03. The Morgan fingerprint density at radius 1 is 0.934 bits per heavy atom. The monoisotopic (exact) mass is 881 g/mol. The lowest BCUT2D eigenvalue weighted by molar-refractivity contribution is -0.130. The standard InChI is InChI=1S/C47H62ClF2N3O7Si/c1-30-33(21-22-51-43(30)58-24-11-25-59-61(8,9)47(5,6)7)27-52(34-17-18-34)44(54)40-36(26-35-28-56-29-39(40)53(35)45(55)60-46(2,3)4)32-15-13-31(14-16-32)12-10-23-57-42-38(50)20-19-37(49)41(42)48/h13-16,19-22,34-35,39H,10-12,17-18,23-29H2,1-9H3/t35?,39-/m1/s1. The predicted molar refractivity (Wildman–Crippen MR) is 235 cm³/mol. The molecule has 1 saturated heterocycles. The zero-order chi connectivity index (χ0) is 44.3. The van der Waals surface area contributed by atoms with Crippen molar-refractivity contribution in [3.8, 4) is 11.6 Å². The first kappa shape index (κ1) is 46.5. The third-order valence-electron chi connectivity index (χ3n) is 12.1. The minimum atomic E-state index is -1.86. The molecule has 332 valence electrons. The van der Waals surface area contributed by atoms with E-state index in [1.807, 2.05) is 62.9 Å². The normalized spacial score (nSPS) is 18.3. The smallest absolute Gasteiger partial charge is 0.411 e. The van der Waals surface area contributed by atoms with E-state index in [0.717, 1.165) is 59.2 Å². The molecule has 1 unspecified atom stereocenters. The molecule has 2 atom stereocenters. The van der Waals surface area contributed by atoms with Gasteiger partial charge in [0.2, 0.25) is 5.88 Å². The summed E-state index contributed by atoms with van der Waals surface area (Å²) in [5.41, 5.74) is 4.42. The Kier molecular flexibility index (Phi) is 14.6. The summed E-state index contributed by atoms with van der Waals surface area (Å²) < 4.78 is 58.1. The van der Waals surface area contributed by atoms with Crippen LogP contribution in [0.3, 0.4) is 0 Å². The Balaban J connectivity index is 1.23. The molecule has 1 saturated carbocycles. The molecular formula is C47H62ClF2N3O7Si. The lowest BCUT2D eigenvalue weighted by Crippen LogP contribution is -2.60. The van der Waals surface area contributed by atoms with Gasteiger partial charge in [-0.3, -0.25) is 9.69 Å². The van der Waals surface area contributed by atoms with E-state index in [0.29, 0.717) is 57.1 Å². The van der Waals surface area contributed by atoms with E-state index in [1.165, 1.54) is 0 Å². The van der Waals surface area contributed by atoms with E-state index < -0.39 is 37.7 Å². The second-order valence-corrected chi connectivity index (χ2v) is 24.1. The Hall–Kier alpha value is -4.04. The van der Waals surface area contributed by atoms with Crippen molar-refractivity contribution in [2.75, 3.05) is 33.0 Å². The number of ether oxygens (including phenoxy) is 4. The van der Waals surface area contributed by atoms with E-state index in [-0.39, 0.29) is 47.0 Å². The fourth-order valence-electron chi connectivity index (χ4n) is 7.49. The van der Waals surface area contributed by atoms with E-state index in [4.69, 9.17) is 35.0 Å². The SMILES string of the molecule is Cc1c(CN(C(=O)C2=C(c3ccc(CCCOc4c(F)ccc(F)c4Cl)cc3)CC3COC[C@H]2N3C(=O)OC(C)(C)C)C2CC2)ccnc1OCCCO[Si](C)(C)C(C)(C)C. The maximum atomic E-state index is 15.2. The van der Waals surface area contributed by atoms with Crippen molar-refractivity contribution in [3.63, 3.8) is 0 Å². The molecular weight excluding hydrogens is 820 g/mol. The number of carbonyl (C=O) groups is 2. The molecule has 0 radical (unpaired) electrons. The van der Waals surface area contributed by atoms with Crippen LogP contribution in [-0.4, -0.2) is 91.9 Å². The van der Waals surface area contributed by atoms with Crippen molar-refractivity contribution in [2.24, 2.45) is 0 Å². The summed E-state index contributed by atoms with van der Waals surface area (Å²) in [5.74, 6) is -1.34. The number of fused-ring (bicyclic) bond motifs is 2. The molecule has 3 aromatic rings. The van der Waals surface area contributed by atoms with Crippen molar-refractivity contribution < 1.29 is 41.7 Å². The van der Waals surface area contributed by atoms with Gasteiger partial charge in [-0.2, -0.15) is 0 Å². The lowest BCUT2D eigenvalue weighted by atomic mass is 9.82. The van der Waals surface area contributed by atoms with E-state index in [9.17, 15) is 13.6 Å². The Labute approximate surface area is 366 Å². The van der Waals surface area contributed by atoms with Crippen LogP contribution in [-0.2, 0) is 31.7 Å². The number of pyridine rings is 1. The Morgan fingerprint density at radius 3 is 2.30 bits per heavy atom. The molecule has 2 aromatic carbocycles. The topological polar surface area (TPSA) is 99.7 Å². The van der Waals surface area contributed by atoms with Crippen molar-refractivity contribution >= 4 is 37.5 Å². The minimum Gasteiger partial charge on any atom is -0.489 e. The van der Waals surface area contributed by atoms with Gasteiger partial charge >= 0.3 is 6.09 Å². The number of aryl methyl sites for hydroxylation is 1. The first-order chi connectivity index (χ1) is 28.8. The molecule has 0 spiro atoms. The largest absolute Gasteiger partial charge is 0.489 e. The molecule has 1 aliphatic carbocycles. The minimum absolute atomic E-state index is 0.0446. The van der Waals surface area contributed by atoms with E-state index in [2.05, 4.69) is 38.8 Å². The van der Waals surface area contributed by atoms with Crippen molar-refractivity contribution in [2.45, 2.75) is 135 Å². The van der Waals surface area contributed by atoms with Crippen LogP contribution in [0.15, 0.2) is 54.2 Å². The highest BCUT2D eigenvalue weighted by Gasteiger charge is 2.48. The highest BCUT2D eigenvalue weighted by Crippen LogP contribution is 2.42. The van der Waals surface area contributed by atoms with Crippen LogP contribution in [0.25, 0.3) is 5.57 Å². The molecule has 2 aliphatic heterocycles. The van der Waals surface area contributed by atoms with Crippen LogP contribution in [0.4, 0.5) is 13.6 Å². The first-order valence-electron chi connectivity index (χ1n) is 21.5. The predicted octanol–water partition coefficient (Wildman–Crippen LogP) is 10.5. The number of rotatable bonds is 16. The molecule has 3 aliphatic rings. The van der Waals surface area contributed by atoms with Crippen LogP contribution < -0.4 is 9.47 Å². The summed E-state index contributed by atoms with van der Waals surface area (Å²) in [7, 11) is -1.86. The van der Waals surface area contributed by atoms with Gasteiger partial charge < -0.3 is 28.3 Å². The highest BCUT2D eigenvalue weighted by molar-refractivity contribution is 6.74. The molecule has 1 aromatic heterocycles. The van der Waals surface area contributed by atoms with E-state index >= 15 is 4.79 Å². The summed E-state index contributed by atoms with van der Waals surface area (Å²) in [6, 6.07) is 11.0. The number of benzene rings is 2. The third-order valence-corrected chi connectivity index (χ3v) is 17.0. The lowest BCUT2D eigenvalue weighted by Gasteiger charge is -2.47. The summed E-state index contributed by atoms with van der Waals surface area (Å²) in [5, 5.41) is -0.241. The summed E-state index contributed by atoms with van der Waals surface area (Å²) in [4.78, 5) is 37.3. The first-order valence-corrected chi connectivity index (χ1v) is 24.7. The second kappa shape index (κ2) is 19.1. The van der Waals surface area contributed by atoms with Gasteiger partial charge in [-0.15, -0.1) is 0 Å². The number of carbonyl (C=O) groups excluding carboxylic acids is 2. The summed E-state index contributed by atoms with van der Waals surface area (Å²) in [6.07, 6.45) is 5.33. The number of hydrogen-bond acceptors (Lipinski definition) is 8. The van der Waals surface area contributed by atoms with Gasteiger partial charge in [0, 0.05) is 42.9 Å². The van der Waals surface area contributed by atoms with Gasteiger partial charge in [-0.05, 0) is 118 Å². The van der Waals surface area contributed by atoms with E-state index in [1.54, 1.807) is 11.1 Å². The van der Waals surface area contributed by atoms with Crippen LogP contribution in [0, 0.1) is 18.6 Å². The van der Waals surface area contributed by atoms with Crippen molar-refractivity contribution in [3.05, 3.63) is 93.1 Å². The Morgan fingerprint density at radius 2 is 1.62 bits per heavy atom. The molecule has 10 nitrogen and oxygen atoms in total. The van der Waals surface area contributed by atoms with Gasteiger partial charge in [0.15, 0.2) is 19.9 Å². The number of hydrogen-bond donors (Lipinski definition) is 0. The molecule has 3 heterocycles. The maximum Gasteiger partial charge on any atom is 0.411 e. The van der Waals surface area contributed by atoms with Gasteiger partial charge in [-0.25, -0.2) is 18.6 Å². The third kappa shape index (κ3) is 11.3. The molecule has 2 fully saturated rings. The number of nitrogens with zero attached hydrogens (tertiary/aromatic N) is 3. The molecule has 0 N–H and O–H groups in total. The van der Waals surface area contributed by atoms with Crippen LogP contribution in [0.5, 0.6) is 11.6 Å². The van der Waals surface area contributed by atoms with Crippen LogP contribution >= 0.6 is 11.6 Å². The van der Waals surface area contributed by atoms with Crippen LogP contribution in [0.1, 0.15) is 95.9 Å². The molecule has 2 bridgehead atoms. The summed E-state index contributed by atoms with van der Waals surface area (Å²) >= 11 is 5.93. The fourth-order valence-corrected chi connectivity index (χ4v) is 8.79. The quantitative estimate of drug-likeness (QED) is 0.0797. The number of amides is 2. The number of morpholine rings is 1. The van der Waals surface area contributed by atoms with Gasteiger partial charge in [0.1, 0.15) is 16.4 Å². The molecule has 6 rings (SSSR count). The molecule has 14 heteroatoms. The van der Waals surface area contributed by atoms with Crippen molar-refractivity contribution in [1.29, 1.82) is 0 Å².